The van der Waals surface area contributed by atoms with E-state index < -0.39 is 16.1 Å². The van der Waals surface area contributed by atoms with E-state index in [1.54, 1.807) is 25.1 Å². The van der Waals surface area contributed by atoms with Gasteiger partial charge in [-0.05, 0) is 23.8 Å². The standard InChI is InChI=1S/C15H17N3O5S/c1-10-16-17-15(23-10)14-9-18(5-7-22-14)24(19,20)12-2-3-13-11(8-12)4-6-21-13/h2-3,8,14H,4-7,9H2,1H3/t14-/m1/s1. The third-order valence-electron chi connectivity index (χ3n) is 4.14. The second-order valence-corrected chi connectivity index (χ2v) is 7.69. The van der Waals surface area contributed by atoms with Crippen LogP contribution in [0.4, 0.5) is 0 Å². The van der Waals surface area contributed by atoms with E-state index in [0.717, 1.165) is 17.7 Å². The minimum absolute atomic E-state index is 0.150. The van der Waals surface area contributed by atoms with E-state index in [1.165, 1.54) is 4.31 Å². The van der Waals surface area contributed by atoms with Crippen molar-refractivity contribution in [2.45, 2.75) is 24.3 Å². The topological polar surface area (TPSA) is 94.8 Å². The number of morpholine rings is 1. The number of sulfonamides is 1. The average Bonchev–Trinajstić information content (AvgIpc) is 3.23. The Bertz CT molecular complexity index is 864. The highest BCUT2D eigenvalue weighted by Gasteiger charge is 2.34. The fraction of sp³-hybridized carbons (Fsp3) is 0.467. The van der Waals surface area contributed by atoms with Crippen molar-refractivity contribution in [1.82, 2.24) is 14.5 Å². The van der Waals surface area contributed by atoms with E-state index in [-0.39, 0.29) is 18.0 Å². The maximum absolute atomic E-state index is 12.9. The lowest BCUT2D eigenvalue weighted by molar-refractivity contribution is -0.0176. The Morgan fingerprint density at radius 2 is 2.12 bits per heavy atom. The SMILES string of the molecule is Cc1nnc([C@H]2CN(S(=O)(=O)c3ccc4c(c3)CCO4)CCO2)o1. The molecular weight excluding hydrogens is 334 g/mol. The summed E-state index contributed by atoms with van der Waals surface area (Å²) in [7, 11) is -3.61. The maximum atomic E-state index is 12.9. The summed E-state index contributed by atoms with van der Waals surface area (Å²) in [6.07, 6.45) is 0.179. The molecule has 0 bridgehead atoms. The van der Waals surface area contributed by atoms with Gasteiger partial charge in [0.2, 0.25) is 21.8 Å². The molecule has 0 unspecified atom stereocenters. The highest BCUT2D eigenvalue weighted by molar-refractivity contribution is 7.89. The van der Waals surface area contributed by atoms with Gasteiger partial charge in [0.05, 0.1) is 18.1 Å². The van der Waals surface area contributed by atoms with E-state index in [9.17, 15) is 8.42 Å². The van der Waals surface area contributed by atoms with Crippen molar-refractivity contribution in [1.29, 1.82) is 0 Å². The molecule has 3 heterocycles. The quantitative estimate of drug-likeness (QED) is 0.816. The van der Waals surface area contributed by atoms with Crippen LogP contribution in [0.5, 0.6) is 5.75 Å². The zero-order valence-corrected chi connectivity index (χ0v) is 14.0. The zero-order chi connectivity index (χ0) is 16.7. The Morgan fingerprint density at radius 3 is 2.92 bits per heavy atom. The van der Waals surface area contributed by atoms with Crippen molar-refractivity contribution in [3.63, 3.8) is 0 Å². The first kappa shape index (κ1) is 15.6. The van der Waals surface area contributed by atoms with E-state index in [4.69, 9.17) is 13.9 Å². The predicted molar refractivity (Wildman–Crippen MR) is 82.1 cm³/mol. The molecule has 128 valence electrons. The summed E-state index contributed by atoms with van der Waals surface area (Å²) < 4.78 is 43.7. The van der Waals surface area contributed by atoms with Crippen molar-refractivity contribution < 1.29 is 22.3 Å². The number of benzene rings is 1. The van der Waals surface area contributed by atoms with Gasteiger partial charge in [-0.2, -0.15) is 4.31 Å². The summed E-state index contributed by atoms with van der Waals surface area (Å²) >= 11 is 0. The normalized spacial score (nSPS) is 21.5. The van der Waals surface area contributed by atoms with Gasteiger partial charge in [0.1, 0.15) is 11.9 Å². The number of hydrogen-bond donors (Lipinski definition) is 0. The first-order valence-electron chi connectivity index (χ1n) is 7.71. The Labute approximate surface area is 139 Å². The molecule has 0 saturated carbocycles. The third kappa shape index (κ3) is 2.68. The molecule has 1 atom stereocenters. The summed E-state index contributed by atoms with van der Waals surface area (Å²) in [6, 6.07) is 4.99. The first-order chi connectivity index (χ1) is 11.5. The van der Waals surface area contributed by atoms with Gasteiger partial charge in [0.25, 0.3) is 0 Å². The minimum Gasteiger partial charge on any atom is -0.493 e. The number of rotatable bonds is 3. The van der Waals surface area contributed by atoms with Crippen LogP contribution in [0.3, 0.4) is 0 Å². The largest absolute Gasteiger partial charge is 0.493 e. The van der Waals surface area contributed by atoms with Crippen LogP contribution >= 0.6 is 0 Å². The molecule has 4 rings (SSSR count). The molecule has 0 radical (unpaired) electrons. The van der Waals surface area contributed by atoms with E-state index in [1.807, 2.05) is 0 Å². The molecule has 0 spiro atoms. The van der Waals surface area contributed by atoms with Crippen molar-refractivity contribution in [2.75, 3.05) is 26.3 Å². The first-order valence-corrected chi connectivity index (χ1v) is 9.15. The van der Waals surface area contributed by atoms with Gasteiger partial charge >= 0.3 is 0 Å². The van der Waals surface area contributed by atoms with E-state index >= 15 is 0 Å². The highest BCUT2D eigenvalue weighted by atomic mass is 32.2. The van der Waals surface area contributed by atoms with Crippen LogP contribution in [0.25, 0.3) is 0 Å². The number of aryl methyl sites for hydroxylation is 1. The van der Waals surface area contributed by atoms with Crippen LogP contribution in [-0.2, 0) is 21.2 Å². The van der Waals surface area contributed by atoms with Crippen LogP contribution in [0, 0.1) is 6.92 Å². The number of aromatic nitrogens is 2. The highest BCUT2D eigenvalue weighted by Crippen LogP contribution is 2.30. The number of ether oxygens (including phenoxy) is 2. The summed E-state index contributed by atoms with van der Waals surface area (Å²) in [6.45, 7) is 2.99. The molecule has 2 aliphatic rings. The summed E-state index contributed by atoms with van der Waals surface area (Å²) in [5, 5.41) is 7.69. The van der Waals surface area contributed by atoms with E-state index in [2.05, 4.69) is 10.2 Å². The maximum Gasteiger partial charge on any atom is 0.246 e. The van der Waals surface area contributed by atoms with Crippen molar-refractivity contribution in [3.8, 4) is 5.75 Å². The summed E-state index contributed by atoms with van der Waals surface area (Å²) in [5.74, 6) is 1.48. The molecule has 1 aromatic carbocycles. The van der Waals surface area contributed by atoms with Crippen molar-refractivity contribution in [2.24, 2.45) is 0 Å². The second kappa shape index (κ2) is 5.83. The molecule has 1 aromatic heterocycles. The van der Waals surface area contributed by atoms with Gasteiger partial charge in [0, 0.05) is 26.4 Å². The molecule has 0 aliphatic carbocycles. The Morgan fingerprint density at radius 1 is 1.25 bits per heavy atom. The molecule has 2 aliphatic heterocycles. The third-order valence-corrected chi connectivity index (χ3v) is 6.01. The molecule has 0 amide bonds. The molecule has 1 fully saturated rings. The van der Waals surface area contributed by atoms with Gasteiger partial charge in [-0.25, -0.2) is 8.42 Å². The Hall–Kier alpha value is -1.97. The van der Waals surface area contributed by atoms with Gasteiger partial charge in [-0.15, -0.1) is 10.2 Å². The molecule has 8 nitrogen and oxygen atoms in total. The number of nitrogens with zero attached hydrogens (tertiary/aromatic N) is 3. The van der Waals surface area contributed by atoms with E-state index in [0.29, 0.717) is 24.9 Å². The van der Waals surface area contributed by atoms with Gasteiger partial charge in [0.15, 0.2) is 0 Å². The van der Waals surface area contributed by atoms with Crippen LogP contribution < -0.4 is 4.74 Å². The van der Waals surface area contributed by atoms with Crippen molar-refractivity contribution in [3.05, 3.63) is 35.5 Å². The monoisotopic (exact) mass is 351 g/mol. The summed E-state index contributed by atoms with van der Waals surface area (Å²) in [4.78, 5) is 0.272. The fourth-order valence-electron chi connectivity index (χ4n) is 2.91. The lowest BCUT2D eigenvalue weighted by atomic mass is 10.2. The van der Waals surface area contributed by atoms with Crippen LogP contribution in [0.15, 0.2) is 27.5 Å². The van der Waals surface area contributed by atoms with Crippen LogP contribution in [0.2, 0.25) is 0 Å². The predicted octanol–water partition coefficient (Wildman–Crippen LogP) is 1.08. The van der Waals surface area contributed by atoms with Gasteiger partial charge in [-0.1, -0.05) is 0 Å². The lowest BCUT2D eigenvalue weighted by Gasteiger charge is -2.30. The van der Waals surface area contributed by atoms with Gasteiger partial charge < -0.3 is 13.9 Å². The van der Waals surface area contributed by atoms with Crippen LogP contribution in [-0.4, -0.2) is 49.2 Å². The Balaban J connectivity index is 1.59. The minimum atomic E-state index is -3.61. The lowest BCUT2D eigenvalue weighted by Crippen LogP contribution is -2.42. The second-order valence-electron chi connectivity index (χ2n) is 5.75. The molecule has 1 saturated heterocycles. The fourth-order valence-corrected chi connectivity index (χ4v) is 4.38. The number of hydrogen-bond acceptors (Lipinski definition) is 7. The number of fused-ring (bicyclic) bond motifs is 1. The molecule has 9 heteroatoms. The van der Waals surface area contributed by atoms with Crippen LogP contribution in [0.1, 0.15) is 23.4 Å². The molecule has 24 heavy (non-hydrogen) atoms. The average molecular weight is 351 g/mol. The summed E-state index contributed by atoms with van der Waals surface area (Å²) in [5.41, 5.74) is 0.924. The smallest absolute Gasteiger partial charge is 0.246 e. The Kier molecular flexibility index (Phi) is 3.78. The molecular formula is C15H17N3O5S. The van der Waals surface area contributed by atoms with Gasteiger partial charge in [-0.3, -0.25) is 0 Å². The molecule has 2 aromatic rings. The van der Waals surface area contributed by atoms with Crippen molar-refractivity contribution >= 4 is 10.0 Å². The zero-order valence-electron chi connectivity index (χ0n) is 13.1. The molecule has 0 N–H and O–H groups in total.